The molecule has 0 bridgehead atoms. The smallest absolute Gasteiger partial charge is 0.134 e. The summed E-state index contributed by atoms with van der Waals surface area (Å²) in [7, 11) is 1.71. The first kappa shape index (κ1) is 9.73. The van der Waals surface area contributed by atoms with E-state index in [9.17, 15) is 0 Å². The van der Waals surface area contributed by atoms with Crippen molar-refractivity contribution in [3.63, 3.8) is 0 Å². The zero-order valence-electron chi connectivity index (χ0n) is 9.32. The molecule has 2 N–H and O–H groups in total. The summed E-state index contributed by atoms with van der Waals surface area (Å²) in [6, 6.07) is 3.94. The summed E-state index contributed by atoms with van der Waals surface area (Å²) in [6.45, 7) is 0.667. The van der Waals surface area contributed by atoms with Gasteiger partial charge in [0, 0.05) is 16.9 Å². The molecule has 0 aliphatic heterocycles. The van der Waals surface area contributed by atoms with Crippen molar-refractivity contribution < 1.29 is 9.15 Å². The summed E-state index contributed by atoms with van der Waals surface area (Å²) in [4.78, 5) is 0. The van der Waals surface area contributed by atoms with E-state index in [1.807, 2.05) is 18.4 Å². The van der Waals surface area contributed by atoms with E-state index in [0.717, 1.165) is 24.2 Å². The summed E-state index contributed by atoms with van der Waals surface area (Å²) in [5.74, 6) is 1.33. The molecule has 1 heterocycles. The maximum Gasteiger partial charge on any atom is 0.134 e. The number of nitrogens with two attached hydrogens (primary N) is 1. The van der Waals surface area contributed by atoms with Crippen LogP contribution in [0, 0.1) is 0 Å². The van der Waals surface area contributed by atoms with Crippen molar-refractivity contribution in [1.82, 2.24) is 0 Å². The molecule has 1 aliphatic carbocycles. The van der Waals surface area contributed by atoms with Crippen LogP contribution in [-0.2, 0) is 6.42 Å². The zero-order valence-corrected chi connectivity index (χ0v) is 9.32. The predicted molar refractivity (Wildman–Crippen MR) is 62.9 cm³/mol. The highest BCUT2D eigenvalue weighted by molar-refractivity contribution is 5.88. The van der Waals surface area contributed by atoms with Crippen LogP contribution in [0.25, 0.3) is 11.0 Å². The molecule has 0 amide bonds. The molecule has 1 aromatic carbocycles. The van der Waals surface area contributed by atoms with Crippen LogP contribution in [0.4, 0.5) is 0 Å². The first-order valence-electron chi connectivity index (χ1n) is 5.62. The van der Waals surface area contributed by atoms with Crippen molar-refractivity contribution in [1.29, 1.82) is 0 Å². The summed E-state index contributed by atoms with van der Waals surface area (Å²) in [5.41, 5.74) is 9.31. The molecular formula is C13H15NO2. The quantitative estimate of drug-likeness (QED) is 0.840. The summed E-state index contributed by atoms with van der Waals surface area (Å²) in [6.07, 6.45) is 3.99. The van der Waals surface area contributed by atoms with Crippen molar-refractivity contribution in [2.24, 2.45) is 5.73 Å². The van der Waals surface area contributed by atoms with Gasteiger partial charge in [-0.05, 0) is 37.1 Å². The van der Waals surface area contributed by atoms with E-state index in [1.165, 1.54) is 16.5 Å². The van der Waals surface area contributed by atoms with Crippen molar-refractivity contribution >= 4 is 11.0 Å². The van der Waals surface area contributed by atoms with Gasteiger partial charge in [0.15, 0.2) is 0 Å². The third-order valence-electron chi connectivity index (χ3n) is 3.49. The second-order valence-electron chi connectivity index (χ2n) is 4.29. The zero-order chi connectivity index (χ0) is 11.1. The normalized spacial score (nSPS) is 19.0. The lowest BCUT2D eigenvalue weighted by Crippen LogP contribution is -2.17. The molecule has 0 unspecified atom stereocenters. The van der Waals surface area contributed by atoms with Crippen LogP contribution in [0.3, 0.4) is 0 Å². The lowest BCUT2D eigenvalue weighted by molar-refractivity contribution is 0.404. The molecule has 3 heteroatoms. The number of rotatable bonds is 2. The molecule has 1 aromatic heterocycles. The van der Waals surface area contributed by atoms with Crippen LogP contribution in [-0.4, -0.2) is 13.7 Å². The van der Waals surface area contributed by atoms with Crippen LogP contribution in [0.5, 0.6) is 5.75 Å². The highest BCUT2D eigenvalue weighted by Crippen LogP contribution is 2.42. The molecule has 1 aliphatic rings. The lowest BCUT2D eigenvalue weighted by atomic mass is 9.83. The first-order valence-corrected chi connectivity index (χ1v) is 5.62. The minimum atomic E-state index is 0.392. The number of furan rings is 1. The van der Waals surface area contributed by atoms with E-state index >= 15 is 0 Å². The van der Waals surface area contributed by atoms with E-state index in [-0.39, 0.29) is 0 Å². The van der Waals surface area contributed by atoms with Gasteiger partial charge in [-0.3, -0.25) is 0 Å². The van der Waals surface area contributed by atoms with Crippen molar-refractivity contribution in [3.05, 3.63) is 29.5 Å². The largest absolute Gasteiger partial charge is 0.496 e. The number of ether oxygens (including phenoxy) is 1. The molecule has 0 radical (unpaired) electrons. The van der Waals surface area contributed by atoms with Gasteiger partial charge in [-0.25, -0.2) is 0 Å². The summed E-state index contributed by atoms with van der Waals surface area (Å²) in [5, 5.41) is 1.22. The fourth-order valence-corrected chi connectivity index (χ4v) is 2.68. The summed E-state index contributed by atoms with van der Waals surface area (Å²) >= 11 is 0. The van der Waals surface area contributed by atoms with Gasteiger partial charge in [-0.1, -0.05) is 0 Å². The van der Waals surface area contributed by atoms with Gasteiger partial charge < -0.3 is 14.9 Å². The molecule has 3 rings (SSSR count). The Morgan fingerprint density at radius 3 is 3.12 bits per heavy atom. The van der Waals surface area contributed by atoms with Gasteiger partial charge in [0.25, 0.3) is 0 Å². The SMILES string of the molecule is COc1ccc2occ3c2c1[C@H](CN)CC3. The van der Waals surface area contributed by atoms with Crippen LogP contribution in [0.2, 0.25) is 0 Å². The van der Waals surface area contributed by atoms with Gasteiger partial charge in [0.1, 0.15) is 11.3 Å². The maximum atomic E-state index is 5.84. The average molecular weight is 217 g/mol. The molecule has 16 heavy (non-hydrogen) atoms. The fourth-order valence-electron chi connectivity index (χ4n) is 2.68. The molecule has 0 fully saturated rings. The Hall–Kier alpha value is -1.48. The van der Waals surface area contributed by atoms with Crippen LogP contribution < -0.4 is 10.5 Å². The lowest BCUT2D eigenvalue weighted by Gasteiger charge is -2.23. The van der Waals surface area contributed by atoms with E-state index < -0.39 is 0 Å². The summed E-state index contributed by atoms with van der Waals surface area (Å²) < 4.78 is 11.0. The molecule has 84 valence electrons. The topological polar surface area (TPSA) is 48.4 Å². The third kappa shape index (κ3) is 1.18. The Morgan fingerprint density at radius 1 is 1.50 bits per heavy atom. The molecule has 3 nitrogen and oxygen atoms in total. The van der Waals surface area contributed by atoms with Gasteiger partial charge in [0.2, 0.25) is 0 Å². The van der Waals surface area contributed by atoms with Gasteiger partial charge in [-0.15, -0.1) is 0 Å². The Bertz CT molecular complexity index is 530. The minimum absolute atomic E-state index is 0.392. The molecule has 2 aromatic rings. The number of hydrogen-bond acceptors (Lipinski definition) is 3. The van der Waals surface area contributed by atoms with Gasteiger partial charge in [0.05, 0.1) is 13.4 Å². The van der Waals surface area contributed by atoms with Crippen LogP contribution >= 0.6 is 0 Å². The number of aryl methyl sites for hydroxylation is 1. The highest BCUT2D eigenvalue weighted by atomic mass is 16.5. The van der Waals surface area contributed by atoms with Crippen LogP contribution in [0.1, 0.15) is 23.5 Å². The third-order valence-corrected chi connectivity index (χ3v) is 3.49. The maximum absolute atomic E-state index is 5.84. The number of hydrogen-bond donors (Lipinski definition) is 1. The minimum Gasteiger partial charge on any atom is -0.496 e. The molecule has 0 saturated heterocycles. The first-order chi connectivity index (χ1) is 7.85. The Balaban J connectivity index is 2.35. The van der Waals surface area contributed by atoms with E-state index in [2.05, 4.69) is 0 Å². The number of benzene rings is 1. The van der Waals surface area contributed by atoms with Gasteiger partial charge >= 0.3 is 0 Å². The fraction of sp³-hybridized carbons (Fsp3) is 0.385. The number of methoxy groups -OCH3 is 1. The van der Waals surface area contributed by atoms with Crippen LogP contribution in [0.15, 0.2) is 22.8 Å². The predicted octanol–water partition coefficient (Wildman–Crippen LogP) is 2.43. The average Bonchev–Trinajstić information content (AvgIpc) is 2.75. The van der Waals surface area contributed by atoms with E-state index in [0.29, 0.717) is 12.5 Å². The second kappa shape index (κ2) is 3.52. The Morgan fingerprint density at radius 2 is 2.38 bits per heavy atom. The monoisotopic (exact) mass is 217 g/mol. The highest BCUT2D eigenvalue weighted by Gasteiger charge is 2.26. The molecule has 1 atom stereocenters. The van der Waals surface area contributed by atoms with E-state index in [1.54, 1.807) is 7.11 Å². The second-order valence-corrected chi connectivity index (χ2v) is 4.29. The molecule has 0 saturated carbocycles. The Labute approximate surface area is 94.2 Å². The van der Waals surface area contributed by atoms with Crippen molar-refractivity contribution in [3.8, 4) is 5.75 Å². The molecular weight excluding hydrogens is 202 g/mol. The standard InChI is InChI=1S/C13H15NO2/c1-15-10-4-5-11-13-9(7-16-11)3-2-8(6-14)12(10)13/h4-5,7-8H,2-3,6,14H2,1H3/t8-/m0/s1. The van der Waals surface area contributed by atoms with E-state index in [4.69, 9.17) is 14.9 Å². The van der Waals surface area contributed by atoms with Crippen molar-refractivity contribution in [2.45, 2.75) is 18.8 Å². The van der Waals surface area contributed by atoms with Gasteiger partial charge in [-0.2, -0.15) is 0 Å². The van der Waals surface area contributed by atoms with Crippen molar-refractivity contribution in [2.75, 3.05) is 13.7 Å². The molecule has 0 spiro atoms. The Kier molecular flexibility index (Phi) is 2.14.